The van der Waals surface area contributed by atoms with Gasteiger partial charge in [0.05, 0.1) is 0 Å². The van der Waals surface area contributed by atoms with E-state index in [2.05, 4.69) is 27.2 Å². The summed E-state index contributed by atoms with van der Waals surface area (Å²) < 4.78 is 0. The Kier molecular flexibility index (Phi) is 7.36. The molecule has 1 saturated heterocycles. The van der Waals surface area contributed by atoms with Gasteiger partial charge in [0.2, 0.25) is 11.9 Å². The Morgan fingerprint density at radius 3 is 2.90 bits per heavy atom. The summed E-state index contributed by atoms with van der Waals surface area (Å²) in [5.41, 5.74) is 3.63. The largest absolute Gasteiger partial charge is 0.387 e. The molecule has 0 aliphatic carbocycles. The number of hydrogen-bond donors (Lipinski definition) is 3. The highest BCUT2D eigenvalue weighted by molar-refractivity contribution is 5.92. The number of rotatable bonds is 8. The molecule has 1 atom stereocenters. The summed E-state index contributed by atoms with van der Waals surface area (Å²) in [5, 5.41) is 15.8. The van der Waals surface area contributed by atoms with Crippen LogP contribution in [0.4, 0.5) is 17.5 Å². The lowest BCUT2D eigenvalue weighted by molar-refractivity contribution is -0.135. The van der Waals surface area contributed by atoms with Crippen LogP contribution in [0.15, 0.2) is 37.1 Å². The molecule has 3 N–H and O–H groups in total. The van der Waals surface area contributed by atoms with Gasteiger partial charge in [0.25, 0.3) is 0 Å². The number of aryl methyl sites for hydroxylation is 2. The van der Waals surface area contributed by atoms with Crippen molar-refractivity contribution in [2.24, 2.45) is 0 Å². The number of aliphatic hydroxyl groups excluding tert-OH is 1. The minimum absolute atomic E-state index is 0.0135. The second-order valence-electron chi connectivity index (χ2n) is 7.84. The normalized spacial score (nSPS) is 16.0. The quantitative estimate of drug-likeness (QED) is 0.560. The highest BCUT2D eigenvalue weighted by Crippen LogP contribution is 2.25. The van der Waals surface area contributed by atoms with Crippen molar-refractivity contribution < 1.29 is 14.7 Å². The van der Waals surface area contributed by atoms with Crippen molar-refractivity contribution >= 4 is 29.1 Å². The van der Waals surface area contributed by atoms with Gasteiger partial charge in [-0.25, -0.2) is 4.98 Å². The van der Waals surface area contributed by atoms with Crippen molar-refractivity contribution in [1.29, 1.82) is 0 Å². The van der Waals surface area contributed by atoms with Crippen molar-refractivity contribution in [2.45, 2.75) is 39.2 Å². The van der Waals surface area contributed by atoms with Gasteiger partial charge in [-0.1, -0.05) is 18.7 Å². The van der Waals surface area contributed by atoms with E-state index in [-0.39, 0.29) is 24.2 Å². The molecule has 8 heteroatoms. The first-order valence-electron chi connectivity index (χ1n) is 10.4. The fourth-order valence-electron chi connectivity index (χ4n) is 3.59. The molecule has 1 amide bonds. The molecule has 164 valence electrons. The molecule has 8 nitrogen and oxygen atoms in total. The molecule has 0 bridgehead atoms. The van der Waals surface area contributed by atoms with E-state index in [1.165, 1.54) is 6.08 Å². The minimum atomic E-state index is -0.477. The number of carbonyl (C=O) groups excluding carboxylic acids is 2. The zero-order chi connectivity index (χ0) is 22.4. The van der Waals surface area contributed by atoms with E-state index in [4.69, 9.17) is 5.11 Å². The fraction of sp³-hybridized carbons (Fsp3) is 0.391. The summed E-state index contributed by atoms with van der Waals surface area (Å²) in [6, 6.07) is 5.90. The molecule has 1 aromatic carbocycles. The van der Waals surface area contributed by atoms with Crippen LogP contribution in [0.25, 0.3) is 0 Å². The molecule has 3 rings (SSSR count). The van der Waals surface area contributed by atoms with Gasteiger partial charge in [-0.05, 0) is 50.0 Å². The Hall–Kier alpha value is -3.26. The highest BCUT2D eigenvalue weighted by Gasteiger charge is 2.23. The number of nitrogens with one attached hydrogen (secondary N) is 2. The molecule has 1 aromatic heterocycles. The van der Waals surface area contributed by atoms with E-state index >= 15 is 0 Å². The number of hydrogen-bond acceptors (Lipinski definition) is 7. The third-order valence-corrected chi connectivity index (χ3v) is 5.33. The van der Waals surface area contributed by atoms with Crippen LogP contribution < -0.4 is 10.6 Å². The van der Waals surface area contributed by atoms with E-state index in [1.54, 1.807) is 11.1 Å². The predicted octanol–water partition coefficient (Wildman–Crippen LogP) is 2.53. The molecule has 0 spiro atoms. The molecule has 1 aliphatic rings. The zero-order valence-corrected chi connectivity index (χ0v) is 18.0. The minimum Gasteiger partial charge on any atom is -0.387 e. The van der Waals surface area contributed by atoms with Crippen molar-refractivity contribution in [3.8, 4) is 0 Å². The predicted molar refractivity (Wildman–Crippen MR) is 120 cm³/mol. The average Bonchev–Trinajstić information content (AvgIpc) is 2.77. The van der Waals surface area contributed by atoms with Crippen LogP contribution in [-0.4, -0.2) is 57.4 Å². The van der Waals surface area contributed by atoms with Gasteiger partial charge in [0.1, 0.15) is 12.4 Å². The summed E-state index contributed by atoms with van der Waals surface area (Å²) in [6.45, 7) is 8.14. The van der Waals surface area contributed by atoms with Crippen LogP contribution in [0.2, 0.25) is 0 Å². The topological polar surface area (TPSA) is 107 Å². The summed E-state index contributed by atoms with van der Waals surface area (Å²) in [6.07, 6.45) is 5.07. The van der Waals surface area contributed by atoms with Crippen LogP contribution in [0.1, 0.15) is 29.5 Å². The van der Waals surface area contributed by atoms with Gasteiger partial charge in [-0.2, -0.15) is 4.98 Å². The number of benzene rings is 1. The van der Waals surface area contributed by atoms with Crippen LogP contribution >= 0.6 is 0 Å². The average molecular weight is 424 g/mol. The number of amides is 1. The first kappa shape index (κ1) is 22.4. The summed E-state index contributed by atoms with van der Waals surface area (Å²) in [4.78, 5) is 34.4. The number of anilines is 3. The molecule has 2 aromatic rings. The van der Waals surface area contributed by atoms with Crippen molar-refractivity contribution in [3.63, 3.8) is 0 Å². The van der Waals surface area contributed by atoms with E-state index in [9.17, 15) is 9.59 Å². The Labute approximate surface area is 182 Å². The standard InChI is InChI=1S/C23H29N5O3/c1-4-19(30)11-17-8-7-15(2)10-20(17)26-22-16(3)12-24-23(27-22)25-18-6-5-9-28(13-18)21(31)14-29/h4,7-8,10,12,18,29H,1,5-6,9,11,13-14H2,2-3H3,(H2,24,25,26,27)/t18-/m0/s1. The highest BCUT2D eigenvalue weighted by atomic mass is 16.3. The summed E-state index contributed by atoms with van der Waals surface area (Å²) in [7, 11) is 0. The van der Waals surface area contributed by atoms with E-state index < -0.39 is 6.61 Å². The van der Waals surface area contributed by atoms with Gasteiger partial charge < -0.3 is 20.6 Å². The van der Waals surface area contributed by atoms with Crippen LogP contribution in [0, 0.1) is 13.8 Å². The first-order valence-corrected chi connectivity index (χ1v) is 10.4. The number of ketones is 1. The molecule has 0 unspecified atom stereocenters. The van der Waals surface area contributed by atoms with Gasteiger partial charge in [-0.3, -0.25) is 9.59 Å². The summed E-state index contributed by atoms with van der Waals surface area (Å²) >= 11 is 0. The number of allylic oxidation sites excluding steroid dienone is 1. The lowest BCUT2D eigenvalue weighted by Crippen LogP contribution is -2.46. The van der Waals surface area contributed by atoms with Crippen LogP contribution in [0.5, 0.6) is 0 Å². The fourth-order valence-corrected chi connectivity index (χ4v) is 3.59. The van der Waals surface area contributed by atoms with E-state index in [1.807, 2.05) is 32.0 Å². The third kappa shape index (κ3) is 5.88. The number of piperidine rings is 1. The smallest absolute Gasteiger partial charge is 0.248 e. The molecular formula is C23H29N5O3. The Morgan fingerprint density at radius 2 is 2.16 bits per heavy atom. The Bertz CT molecular complexity index is 976. The maximum atomic E-state index is 11.9. The maximum absolute atomic E-state index is 11.9. The van der Waals surface area contributed by atoms with Gasteiger partial charge in [0, 0.05) is 43.0 Å². The second kappa shape index (κ2) is 10.2. The lowest BCUT2D eigenvalue weighted by Gasteiger charge is -2.32. The molecule has 1 aliphatic heterocycles. The molecule has 0 radical (unpaired) electrons. The lowest BCUT2D eigenvalue weighted by atomic mass is 10.0. The molecule has 31 heavy (non-hydrogen) atoms. The van der Waals surface area contributed by atoms with Crippen LogP contribution in [0.3, 0.4) is 0 Å². The maximum Gasteiger partial charge on any atom is 0.248 e. The van der Waals surface area contributed by atoms with Crippen molar-refractivity contribution in [2.75, 3.05) is 30.3 Å². The number of aliphatic hydroxyl groups is 1. The Morgan fingerprint density at radius 1 is 1.35 bits per heavy atom. The van der Waals surface area contributed by atoms with Gasteiger partial charge in [0.15, 0.2) is 5.78 Å². The SMILES string of the molecule is C=CC(=O)Cc1ccc(C)cc1Nc1nc(N[C@H]2CCCN(C(=O)CO)C2)ncc1C. The number of nitrogens with zero attached hydrogens (tertiary/aromatic N) is 3. The van der Waals surface area contributed by atoms with Crippen molar-refractivity contribution in [1.82, 2.24) is 14.9 Å². The van der Waals surface area contributed by atoms with E-state index in [0.717, 1.165) is 35.2 Å². The monoisotopic (exact) mass is 423 g/mol. The summed E-state index contributed by atoms with van der Waals surface area (Å²) in [5.74, 6) is 0.801. The number of likely N-dealkylation sites (tertiary alicyclic amines) is 1. The van der Waals surface area contributed by atoms with Gasteiger partial charge >= 0.3 is 0 Å². The number of carbonyl (C=O) groups is 2. The molecule has 2 heterocycles. The van der Waals surface area contributed by atoms with E-state index in [0.29, 0.717) is 24.9 Å². The number of aromatic nitrogens is 2. The molecular weight excluding hydrogens is 394 g/mol. The van der Waals surface area contributed by atoms with Gasteiger partial charge in [-0.15, -0.1) is 0 Å². The third-order valence-electron chi connectivity index (χ3n) is 5.33. The first-order chi connectivity index (χ1) is 14.9. The second-order valence-corrected chi connectivity index (χ2v) is 7.84. The van der Waals surface area contributed by atoms with Crippen LogP contribution in [-0.2, 0) is 16.0 Å². The Balaban J connectivity index is 1.78. The molecule has 1 fully saturated rings. The van der Waals surface area contributed by atoms with Crippen molar-refractivity contribution in [3.05, 3.63) is 53.7 Å². The molecule has 0 saturated carbocycles. The zero-order valence-electron chi connectivity index (χ0n) is 18.0.